The van der Waals surface area contributed by atoms with Crippen molar-refractivity contribution in [2.24, 2.45) is 0 Å². The Morgan fingerprint density at radius 3 is 2.58 bits per heavy atom. The van der Waals surface area contributed by atoms with E-state index in [1.807, 2.05) is 37.3 Å². The lowest BCUT2D eigenvalue weighted by molar-refractivity contribution is 0.0731. The van der Waals surface area contributed by atoms with E-state index in [0.717, 1.165) is 10.5 Å². The van der Waals surface area contributed by atoms with Gasteiger partial charge in [-0.3, -0.25) is 0 Å². The predicted molar refractivity (Wildman–Crippen MR) is 91.2 cm³/mol. The minimum absolute atomic E-state index is 0.383. The van der Waals surface area contributed by atoms with Crippen LogP contribution in [-0.4, -0.2) is 16.1 Å². The second-order valence-electron chi connectivity index (χ2n) is 5.22. The number of rotatable bonds is 5. The van der Waals surface area contributed by atoms with Crippen LogP contribution in [0.3, 0.4) is 0 Å². The van der Waals surface area contributed by atoms with Crippen molar-refractivity contribution in [3.8, 4) is 5.75 Å². The van der Waals surface area contributed by atoms with Crippen molar-refractivity contribution in [3.63, 3.8) is 0 Å². The summed E-state index contributed by atoms with van der Waals surface area (Å²) >= 11 is 1.47. The maximum absolute atomic E-state index is 12.4. The number of benzene rings is 2. The van der Waals surface area contributed by atoms with Gasteiger partial charge in [-0.05, 0) is 31.2 Å². The van der Waals surface area contributed by atoms with E-state index >= 15 is 0 Å². The number of carbonyl (C=O) groups is 1. The first kappa shape index (κ1) is 16.3. The van der Waals surface area contributed by atoms with E-state index in [1.54, 1.807) is 25.1 Å². The normalized spacial score (nSPS) is 10.6. The van der Waals surface area contributed by atoms with Crippen molar-refractivity contribution in [1.29, 1.82) is 0 Å². The molecule has 0 atom stereocenters. The number of thioether (sulfide) groups is 1. The number of carbonyl (C=O) groups excluding carboxylic acids is 1. The minimum Gasteiger partial charge on any atom is -0.423 e. The molecule has 5 nitrogen and oxygen atoms in total. The monoisotopic (exact) mass is 340 g/mol. The van der Waals surface area contributed by atoms with Gasteiger partial charge in [-0.25, -0.2) is 4.79 Å². The highest BCUT2D eigenvalue weighted by Gasteiger charge is 2.14. The second-order valence-corrected chi connectivity index (χ2v) is 6.23. The van der Waals surface area contributed by atoms with Crippen LogP contribution in [0.1, 0.15) is 27.6 Å². The van der Waals surface area contributed by atoms with E-state index in [1.165, 1.54) is 11.8 Å². The Morgan fingerprint density at radius 2 is 1.88 bits per heavy atom. The summed E-state index contributed by atoms with van der Waals surface area (Å²) in [5, 5.41) is 3.86. The Labute approximate surface area is 144 Å². The Morgan fingerprint density at radius 1 is 1.12 bits per heavy atom. The SMILES string of the molecule is Cc1ccc(OC(=O)c2ccccc2SCc2noc(C)n2)cc1. The van der Waals surface area contributed by atoms with Crippen molar-refractivity contribution in [2.45, 2.75) is 24.5 Å². The zero-order chi connectivity index (χ0) is 16.9. The average molecular weight is 340 g/mol. The van der Waals surface area contributed by atoms with Gasteiger partial charge in [-0.2, -0.15) is 4.98 Å². The molecular weight excluding hydrogens is 324 g/mol. The topological polar surface area (TPSA) is 65.2 Å². The molecular formula is C18H16N2O3S. The summed E-state index contributed by atoms with van der Waals surface area (Å²) in [6, 6.07) is 14.7. The molecule has 0 N–H and O–H groups in total. The lowest BCUT2D eigenvalue weighted by Crippen LogP contribution is -2.09. The van der Waals surface area contributed by atoms with Crippen molar-refractivity contribution in [2.75, 3.05) is 0 Å². The van der Waals surface area contributed by atoms with E-state index < -0.39 is 0 Å². The molecule has 3 rings (SSSR count). The summed E-state index contributed by atoms with van der Waals surface area (Å²) < 4.78 is 10.4. The fourth-order valence-electron chi connectivity index (χ4n) is 2.07. The van der Waals surface area contributed by atoms with Crippen molar-refractivity contribution < 1.29 is 14.1 Å². The molecule has 3 aromatic rings. The molecule has 0 saturated carbocycles. The molecule has 122 valence electrons. The van der Waals surface area contributed by atoms with Gasteiger partial charge >= 0.3 is 5.97 Å². The third-order valence-corrected chi connectivity index (χ3v) is 4.33. The van der Waals surface area contributed by atoms with Crippen LogP contribution in [0.25, 0.3) is 0 Å². The number of hydrogen-bond donors (Lipinski definition) is 0. The Balaban J connectivity index is 1.72. The van der Waals surface area contributed by atoms with Gasteiger partial charge in [-0.15, -0.1) is 11.8 Å². The lowest BCUT2D eigenvalue weighted by Gasteiger charge is -2.08. The van der Waals surface area contributed by atoms with Gasteiger partial charge in [0.25, 0.3) is 0 Å². The fraction of sp³-hybridized carbons (Fsp3) is 0.167. The summed E-state index contributed by atoms with van der Waals surface area (Å²) in [4.78, 5) is 17.4. The highest BCUT2D eigenvalue weighted by molar-refractivity contribution is 7.98. The van der Waals surface area contributed by atoms with E-state index in [0.29, 0.717) is 28.8 Å². The quantitative estimate of drug-likeness (QED) is 0.394. The molecule has 2 aromatic carbocycles. The molecule has 0 spiro atoms. The fourth-order valence-corrected chi connectivity index (χ4v) is 2.96. The first-order valence-corrected chi connectivity index (χ1v) is 8.40. The second kappa shape index (κ2) is 7.31. The van der Waals surface area contributed by atoms with Crippen LogP contribution in [0.5, 0.6) is 5.75 Å². The van der Waals surface area contributed by atoms with Crippen LogP contribution in [0.4, 0.5) is 0 Å². The molecule has 0 bridgehead atoms. The first-order chi connectivity index (χ1) is 11.6. The summed E-state index contributed by atoms with van der Waals surface area (Å²) in [6.45, 7) is 3.73. The standard InChI is InChI=1S/C18H16N2O3S/c1-12-7-9-14(10-8-12)22-18(21)15-5-3-4-6-16(15)24-11-17-19-13(2)23-20-17/h3-10H,11H2,1-2H3. The third-order valence-electron chi connectivity index (χ3n) is 3.26. The Bertz CT molecular complexity index is 843. The highest BCUT2D eigenvalue weighted by Crippen LogP contribution is 2.26. The van der Waals surface area contributed by atoms with E-state index in [4.69, 9.17) is 9.26 Å². The van der Waals surface area contributed by atoms with Gasteiger partial charge in [0.1, 0.15) is 5.75 Å². The predicted octanol–water partition coefficient (Wildman–Crippen LogP) is 4.20. The smallest absolute Gasteiger partial charge is 0.344 e. The zero-order valence-corrected chi connectivity index (χ0v) is 14.2. The number of hydrogen-bond acceptors (Lipinski definition) is 6. The van der Waals surface area contributed by atoms with Gasteiger partial charge in [-0.1, -0.05) is 35.0 Å². The molecule has 1 heterocycles. The van der Waals surface area contributed by atoms with Gasteiger partial charge < -0.3 is 9.26 Å². The third kappa shape index (κ3) is 4.02. The number of ether oxygens (including phenoxy) is 1. The van der Waals surface area contributed by atoms with Crippen LogP contribution in [0.15, 0.2) is 57.9 Å². The van der Waals surface area contributed by atoms with Gasteiger partial charge in [0, 0.05) is 11.8 Å². The van der Waals surface area contributed by atoms with Crippen LogP contribution >= 0.6 is 11.8 Å². The lowest BCUT2D eigenvalue weighted by atomic mass is 10.2. The maximum atomic E-state index is 12.4. The zero-order valence-electron chi connectivity index (χ0n) is 13.4. The molecule has 0 fully saturated rings. The summed E-state index contributed by atoms with van der Waals surface area (Å²) in [5.41, 5.74) is 1.63. The maximum Gasteiger partial charge on any atom is 0.344 e. The molecule has 0 aliphatic carbocycles. The van der Waals surface area contributed by atoms with Crippen LogP contribution in [-0.2, 0) is 5.75 Å². The molecule has 1 aromatic heterocycles. The number of aromatic nitrogens is 2. The summed E-state index contributed by atoms with van der Waals surface area (Å²) in [7, 11) is 0. The molecule has 24 heavy (non-hydrogen) atoms. The molecule has 0 aliphatic heterocycles. The largest absolute Gasteiger partial charge is 0.423 e. The van der Waals surface area contributed by atoms with Gasteiger partial charge in [0.15, 0.2) is 5.82 Å². The summed E-state index contributed by atoms with van der Waals surface area (Å²) in [5.74, 6) is 1.79. The molecule has 0 aliphatic rings. The number of esters is 1. The van der Waals surface area contributed by atoms with Gasteiger partial charge in [0.2, 0.25) is 5.89 Å². The van der Waals surface area contributed by atoms with Gasteiger partial charge in [0.05, 0.1) is 11.3 Å². The van der Waals surface area contributed by atoms with Crippen molar-refractivity contribution in [3.05, 3.63) is 71.4 Å². The van der Waals surface area contributed by atoms with E-state index in [2.05, 4.69) is 10.1 Å². The highest BCUT2D eigenvalue weighted by atomic mass is 32.2. The van der Waals surface area contributed by atoms with Crippen molar-refractivity contribution >= 4 is 17.7 Å². The van der Waals surface area contributed by atoms with Crippen molar-refractivity contribution in [1.82, 2.24) is 10.1 Å². The first-order valence-electron chi connectivity index (χ1n) is 7.41. The minimum atomic E-state index is -0.383. The van der Waals surface area contributed by atoms with Crippen LogP contribution in [0, 0.1) is 13.8 Å². The van der Waals surface area contributed by atoms with Crippen LogP contribution in [0.2, 0.25) is 0 Å². The van der Waals surface area contributed by atoms with E-state index in [9.17, 15) is 4.79 Å². The molecule has 0 saturated heterocycles. The molecule has 0 radical (unpaired) electrons. The average Bonchev–Trinajstić information content (AvgIpc) is 3.01. The van der Waals surface area contributed by atoms with Crippen LogP contribution < -0.4 is 4.74 Å². The molecule has 0 amide bonds. The molecule has 0 unspecified atom stereocenters. The number of aryl methyl sites for hydroxylation is 2. The Kier molecular flexibility index (Phi) is 4.96. The Hall–Kier alpha value is -2.60. The van der Waals surface area contributed by atoms with E-state index in [-0.39, 0.29) is 5.97 Å². The molecule has 6 heteroatoms. The number of nitrogens with zero attached hydrogens (tertiary/aromatic N) is 2. The summed E-state index contributed by atoms with van der Waals surface area (Å²) in [6.07, 6.45) is 0.